The first-order valence-corrected chi connectivity index (χ1v) is 7.72. The van der Waals surface area contributed by atoms with E-state index in [1.165, 1.54) is 0 Å². The van der Waals surface area contributed by atoms with Crippen LogP contribution in [0.5, 0.6) is 0 Å². The van der Waals surface area contributed by atoms with Crippen molar-refractivity contribution in [3.8, 4) is 0 Å². The van der Waals surface area contributed by atoms with E-state index in [9.17, 15) is 9.90 Å². The normalized spacial score (nSPS) is 38.9. The number of fused-ring (bicyclic) bond motifs is 2. The van der Waals surface area contributed by atoms with E-state index in [4.69, 9.17) is 4.74 Å². The minimum absolute atomic E-state index is 0.00419. The number of hydrogen-bond donors (Lipinski definition) is 1. The van der Waals surface area contributed by atoms with Crippen molar-refractivity contribution >= 4 is 5.97 Å². The summed E-state index contributed by atoms with van der Waals surface area (Å²) in [6, 6.07) is 0. The Bertz CT molecular complexity index is 333. The van der Waals surface area contributed by atoms with Crippen LogP contribution in [0.2, 0.25) is 0 Å². The van der Waals surface area contributed by atoms with Crippen LogP contribution in [0.1, 0.15) is 59.8 Å². The monoisotopic (exact) mass is 268 g/mol. The zero-order valence-corrected chi connectivity index (χ0v) is 12.7. The summed E-state index contributed by atoms with van der Waals surface area (Å²) in [5.74, 6) is 1.32. The maximum absolute atomic E-state index is 12.3. The van der Waals surface area contributed by atoms with Gasteiger partial charge in [-0.3, -0.25) is 4.79 Å². The fourth-order valence-corrected chi connectivity index (χ4v) is 3.68. The Morgan fingerprint density at radius 3 is 2.58 bits per heavy atom. The molecule has 0 heterocycles. The molecule has 5 unspecified atom stereocenters. The molecule has 0 aromatic rings. The van der Waals surface area contributed by atoms with Crippen LogP contribution in [0.25, 0.3) is 0 Å². The molecule has 0 aliphatic heterocycles. The summed E-state index contributed by atoms with van der Waals surface area (Å²) >= 11 is 0. The van der Waals surface area contributed by atoms with Crippen LogP contribution in [0.3, 0.4) is 0 Å². The molecule has 2 rings (SSSR count). The van der Waals surface area contributed by atoms with E-state index < -0.39 is 5.41 Å². The van der Waals surface area contributed by atoms with Crippen molar-refractivity contribution in [2.75, 3.05) is 0 Å². The first kappa shape index (κ1) is 14.8. The maximum atomic E-state index is 12.3. The Labute approximate surface area is 116 Å². The van der Waals surface area contributed by atoms with Gasteiger partial charge in [-0.25, -0.2) is 0 Å². The van der Waals surface area contributed by atoms with Crippen molar-refractivity contribution in [2.24, 2.45) is 23.2 Å². The number of aliphatic hydroxyl groups is 1. The fraction of sp³-hybridized carbons (Fsp3) is 0.938. The number of carbonyl (C=O) groups is 1. The highest BCUT2D eigenvalue weighted by atomic mass is 16.5. The molecule has 2 fully saturated rings. The number of rotatable bonds is 3. The van der Waals surface area contributed by atoms with E-state index in [1.807, 2.05) is 20.8 Å². The molecule has 2 aliphatic rings. The van der Waals surface area contributed by atoms with Crippen molar-refractivity contribution in [3.63, 3.8) is 0 Å². The Balaban J connectivity index is 2.04. The zero-order chi connectivity index (χ0) is 14.2. The summed E-state index contributed by atoms with van der Waals surface area (Å²) in [5, 5.41) is 9.92. The van der Waals surface area contributed by atoms with Gasteiger partial charge in [0.25, 0.3) is 0 Å². The fourth-order valence-electron chi connectivity index (χ4n) is 3.68. The van der Waals surface area contributed by atoms with E-state index in [-0.39, 0.29) is 18.2 Å². The van der Waals surface area contributed by atoms with Gasteiger partial charge in [0.1, 0.15) is 6.10 Å². The number of hydrogen-bond acceptors (Lipinski definition) is 3. The largest absolute Gasteiger partial charge is 0.461 e. The van der Waals surface area contributed by atoms with Crippen LogP contribution in [-0.2, 0) is 9.53 Å². The van der Waals surface area contributed by atoms with Crippen molar-refractivity contribution in [1.82, 2.24) is 0 Å². The minimum atomic E-state index is -0.399. The van der Waals surface area contributed by atoms with Gasteiger partial charge < -0.3 is 9.84 Å². The standard InChI is InChI=1S/C16H28O3/c1-5-16(3,4)15(18)19-14-10(2)6-11-7-12(14)9-13(17)8-11/h10-14,17H,5-9H2,1-4H3. The van der Waals surface area contributed by atoms with E-state index in [0.29, 0.717) is 17.8 Å². The van der Waals surface area contributed by atoms with Gasteiger partial charge in [-0.05, 0) is 63.7 Å². The highest BCUT2D eigenvalue weighted by molar-refractivity contribution is 5.76. The summed E-state index contributed by atoms with van der Waals surface area (Å²) in [4.78, 5) is 12.3. The van der Waals surface area contributed by atoms with Crippen LogP contribution < -0.4 is 0 Å². The maximum Gasteiger partial charge on any atom is 0.311 e. The van der Waals surface area contributed by atoms with Gasteiger partial charge in [0.05, 0.1) is 11.5 Å². The lowest BCUT2D eigenvalue weighted by Gasteiger charge is -2.45. The second-order valence-electron chi connectivity index (χ2n) is 7.31. The predicted molar refractivity (Wildman–Crippen MR) is 74.6 cm³/mol. The molecule has 5 atom stereocenters. The Hall–Kier alpha value is -0.570. The number of ether oxygens (including phenoxy) is 1. The van der Waals surface area contributed by atoms with Gasteiger partial charge in [-0.15, -0.1) is 0 Å². The van der Waals surface area contributed by atoms with E-state index in [2.05, 4.69) is 6.92 Å². The summed E-state index contributed by atoms with van der Waals surface area (Å²) in [5.41, 5.74) is -0.399. The van der Waals surface area contributed by atoms with Crippen LogP contribution >= 0.6 is 0 Å². The third-order valence-corrected chi connectivity index (χ3v) is 5.23. The van der Waals surface area contributed by atoms with Crippen LogP contribution in [0, 0.1) is 23.2 Å². The lowest BCUT2D eigenvalue weighted by molar-refractivity contribution is -0.173. The summed E-state index contributed by atoms with van der Waals surface area (Å²) in [6.07, 6.45) is 4.53. The van der Waals surface area contributed by atoms with Crippen molar-refractivity contribution in [3.05, 3.63) is 0 Å². The Morgan fingerprint density at radius 1 is 1.26 bits per heavy atom. The van der Waals surface area contributed by atoms with Crippen molar-refractivity contribution < 1.29 is 14.6 Å². The molecular weight excluding hydrogens is 240 g/mol. The molecule has 0 radical (unpaired) electrons. The number of aliphatic hydroxyl groups excluding tert-OH is 1. The topological polar surface area (TPSA) is 46.5 Å². The second-order valence-corrected chi connectivity index (χ2v) is 7.31. The summed E-state index contributed by atoms with van der Waals surface area (Å²) < 4.78 is 5.84. The van der Waals surface area contributed by atoms with Gasteiger partial charge >= 0.3 is 5.97 Å². The highest BCUT2D eigenvalue weighted by Crippen LogP contribution is 2.44. The quantitative estimate of drug-likeness (QED) is 0.800. The minimum Gasteiger partial charge on any atom is -0.461 e. The third kappa shape index (κ3) is 3.13. The molecule has 0 saturated heterocycles. The molecule has 0 aromatic carbocycles. The summed E-state index contributed by atoms with van der Waals surface area (Å²) in [7, 11) is 0. The lowest BCUT2D eigenvalue weighted by Crippen LogP contribution is -2.46. The average molecular weight is 268 g/mol. The van der Waals surface area contributed by atoms with Crippen LogP contribution in [0.15, 0.2) is 0 Å². The van der Waals surface area contributed by atoms with Gasteiger partial charge in [0.15, 0.2) is 0 Å². The van der Waals surface area contributed by atoms with Gasteiger partial charge in [0.2, 0.25) is 0 Å². The van der Waals surface area contributed by atoms with E-state index in [1.54, 1.807) is 0 Å². The highest BCUT2D eigenvalue weighted by Gasteiger charge is 2.43. The zero-order valence-electron chi connectivity index (χ0n) is 12.7. The molecule has 3 nitrogen and oxygen atoms in total. The Kier molecular flexibility index (Phi) is 4.24. The molecule has 110 valence electrons. The number of esters is 1. The van der Waals surface area contributed by atoms with E-state index >= 15 is 0 Å². The molecule has 2 bridgehead atoms. The first-order chi connectivity index (χ1) is 8.83. The second kappa shape index (κ2) is 5.43. The predicted octanol–water partition coefficient (Wildman–Crippen LogP) is 3.15. The molecular formula is C16H28O3. The molecule has 2 aliphatic carbocycles. The molecule has 3 heteroatoms. The molecule has 1 N–H and O–H groups in total. The summed E-state index contributed by atoms with van der Waals surface area (Å²) in [6.45, 7) is 8.10. The average Bonchev–Trinajstić information content (AvgIpc) is 2.33. The molecule has 0 aromatic heterocycles. The van der Waals surface area contributed by atoms with E-state index in [0.717, 1.165) is 32.1 Å². The van der Waals surface area contributed by atoms with Gasteiger partial charge in [-0.1, -0.05) is 13.8 Å². The van der Waals surface area contributed by atoms with Crippen molar-refractivity contribution in [1.29, 1.82) is 0 Å². The molecule has 0 amide bonds. The van der Waals surface area contributed by atoms with Gasteiger partial charge in [-0.2, -0.15) is 0 Å². The molecule has 0 spiro atoms. The van der Waals surface area contributed by atoms with Crippen molar-refractivity contribution in [2.45, 2.75) is 72.0 Å². The first-order valence-electron chi connectivity index (χ1n) is 7.72. The Morgan fingerprint density at radius 2 is 1.95 bits per heavy atom. The van der Waals surface area contributed by atoms with Crippen LogP contribution in [0.4, 0.5) is 0 Å². The smallest absolute Gasteiger partial charge is 0.311 e. The molecule has 2 saturated carbocycles. The molecule has 19 heavy (non-hydrogen) atoms. The van der Waals surface area contributed by atoms with Gasteiger partial charge in [0, 0.05) is 0 Å². The third-order valence-electron chi connectivity index (χ3n) is 5.23. The van der Waals surface area contributed by atoms with Crippen LogP contribution in [-0.4, -0.2) is 23.3 Å². The number of carbonyl (C=O) groups excluding carboxylic acids is 1. The SMILES string of the molecule is CCC(C)(C)C(=O)OC1C(C)CC2CC(O)CC1C2. The lowest BCUT2D eigenvalue weighted by atomic mass is 9.66.